The number of pyridine rings is 1. The topological polar surface area (TPSA) is 49.6 Å². The Morgan fingerprint density at radius 1 is 0.710 bits per heavy atom. The second-order valence-electron chi connectivity index (χ2n) is 7.79. The van der Waals surface area contributed by atoms with Crippen LogP contribution in [0.5, 0.6) is 0 Å². The third-order valence-corrected chi connectivity index (χ3v) is 5.98. The largest absolute Gasteiger partial charge is 0.353 e. The Balaban J connectivity index is 1.38. The summed E-state index contributed by atoms with van der Waals surface area (Å²) in [6.07, 6.45) is 3.68. The minimum absolute atomic E-state index is 0.868. The van der Waals surface area contributed by atoms with Gasteiger partial charge in [0, 0.05) is 50.1 Å². The highest BCUT2D eigenvalue weighted by Gasteiger charge is 2.21. The summed E-state index contributed by atoms with van der Waals surface area (Å²) in [4.78, 5) is 14.2. The predicted molar refractivity (Wildman–Crippen MR) is 125 cm³/mol. The van der Waals surface area contributed by atoms with Crippen molar-refractivity contribution < 1.29 is 0 Å². The molecule has 3 aromatic heterocycles. The molecule has 0 aliphatic carbocycles. The van der Waals surface area contributed by atoms with E-state index in [-0.39, 0.29) is 0 Å². The van der Waals surface area contributed by atoms with Crippen LogP contribution in [0.15, 0.2) is 85.2 Å². The average molecular weight is 406 g/mol. The first kappa shape index (κ1) is 17.9. The number of fused-ring (bicyclic) bond motifs is 2. The summed E-state index contributed by atoms with van der Waals surface area (Å²) in [7, 11) is 0. The lowest BCUT2D eigenvalue weighted by atomic mass is 10.0. The summed E-state index contributed by atoms with van der Waals surface area (Å²) in [6, 6.07) is 25.1. The van der Waals surface area contributed by atoms with E-state index < -0.39 is 0 Å². The lowest BCUT2D eigenvalue weighted by molar-refractivity contribution is 0.634. The highest BCUT2D eigenvalue weighted by Crippen LogP contribution is 2.31. The zero-order chi connectivity index (χ0) is 20.6. The van der Waals surface area contributed by atoms with E-state index in [4.69, 9.17) is 4.98 Å². The monoisotopic (exact) mass is 406 g/mol. The number of hydrogen-bond acceptors (Lipinski definition) is 5. The Labute approximate surface area is 180 Å². The van der Waals surface area contributed by atoms with Crippen LogP contribution < -0.4 is 9.80 Å². The predicted octanol–water partition coefficient (Wildman–Crippen LogP) is 4.27. The van der Waals surface area contributed by atoms with Crippen molar-refractivity contribution in [2.24, 2.45) is 0 Å². The molecule has 31 heavy (non-hydrogen) atoms. The van der Waals surface area contributed by atoms with Crippen molar-refractivity contribution in [3.8, 4) is 11.3 Å². The van der Waals surface area contributed by atoms with Crippen LogP contribution in [0.25, 0.3) is 27.7 Å². The van der Waals surface area contributed by atoms with Crippen molar-refractivity contribution in [3.63, 3.8) is 0 Å². The maximum absolute atomic E-state index is 4.93. The molecule has 1 aliphatic heterocycles. The molecule has 1 saturated heterocycles. The molecule has 5 aromatic rings. The van der Waals surface area contributed by atoms with Crippen LogP contribution in [0, 0.1) is 0 Å². The SMILES string of the molecule is c1ccc(N2CCN(c3cc(-c4cccc5ccccc45)nc4ccnn34)CC2)nc1. The fourth-order valence-corrected chi connectivity index (χ4v) is 4.41. The molecule has 0 amide bonds. The van der Waals surface area contributed by atoms with Crippen molar-refractivity contribution >= 4 is 28.1 Å². The number of hydrogen-bond donors (Lipinski definition) is 0. The number of rotatable bonds is 3. The van der Waals surface area contributed by atoms with Crippen LogP contribution in [0.4, 0.5) is 11.6 Å². The lowest BCUT2D eigenvalue weighted by Gasteiger charge is -2.36. The fraction of sp³-hybridized carbons (Fsp3) is 0.160. The van der Waals surface area contributed by atoms with Crippen molar-refractivity contribution in [1.29, 1.82) is 0 Å². The third kappa shape index (κ3) is 3.17. The van der Waals surface area contributed by atoms with Crippen LogP contribution in [-0.4, -0.2) is 45.8 Å². The first-order valence-electron chi connectivity index (χ1n) is 10.6. The van der Waals surface area contributed by atoms with Gasteiger partial charge in [-0.05, 0) is 22.9 Å². The molecule has 0 radical (unpaired) electrons. The molecule has 0 atom stereocenters. The minimum atomic E-state index is 0.868. The second-order valence-corrected chi connectivity index (χ2v) is 7.79. The molecule has 0 saturated carbocycles. The molecule has 4 heterocycles. The standard InChI is InChI=1S/C25H22N6/c1-2-8-20-19(6-1)7-5-9-21(20)22-18-25(31-24(28-22)11-13-27-31)30-16-14-29(15-17-30)23-10-3-4-12-26-23/h1-13,18H,14-17H2. The maximum atomic E-state index is 4.93. The van der Waals surface area contributed by atoms with Gasteiger partial charge in [0.2, 0.25) is 0 Å². The van der Waals surface area contributed by atoms with E-state index in [1.807, 2.05) is 35.1 Å². The van der Waals surface area contributed by atoms with E-state index in [9.17, 15) is 0 Å². The third-order valence-electron chi connectivity index (χ3n) is 5.98. The van der Waals surface area contributed by atoms with Crippen molar-refractivity contribution in [2.75, 3.05) is 36.0 Å². The normalized spacial score (nSPS) is 14.5. The van der Waals surface area contributed by atoms with Crippen LogP contribution in [-0.2, 0) is 0 Å². The van der Waals surface area contributed by atoms with Gasteiger partial charge in [-0.1, -0.05) is 48.5 Å². The number of aromatic nitrogens is 4. The summed E-state index contributed by atoms with van der Waals surface area (Å²) in [5, 5.41) is 6.99. The number of nitrogens with zero attached hydrogens (tertiary/aromatic N) is 6. The van der Waals surface area contributed by atoms with E-state index in [0.717, 1.165) is 54.7 Å². The van der Waals surface area contributed by atoms with Gasteiger partial charge in [-0.3, -0.25) is 0 Å². The molecular formula is C25H22N6. The first-order chi connectivity index (χ1) is 15.4. The molecule has 6 nitrogen and oxygen atoms in total. The molecule has 152 valence electrons. The molecule has 0 spiro atoms. The van der Waals surface area contributed by atoms with Gasteiger partial charge in [-0.15, -0.1) is 0 Å². The lowest BCUT2D eigenvalue weighted by Crippen LogP contribution is -2.47. The average Bonchev–Trinajstić information content (AvgIpc) is 3.33. The molecule has 6 heteroatoms. The van der Waals surface area contributed by atoms with Crippen LogP contribution in [0.3, 0.4) is 0 Å². The van der Waals surface area contributed by atoms with Crippen molar-refractivity contribution in [1.82, 2.24) is 19.6 Å². The molecule has 0 N–H and O–H groups in total. The Bertz CT molecular complexity index is 1350. The van der Waals surface area contributed by atoms with Gasteiger partial charge in [0.1, 0.15) is 11.6 Å². The zero-order valence-electron chi connectivity index (χ0n) is 17.1. The Kier molecular flexibility index (Phi) is 4.27. The van der Waals surface area contributed by atoms with Gasteiger partial charge in [0.05, 0.1) is 11.9 Å². The highest BCUT2D eigenvalue weighted by molar-refractivity contribution is 5.96. The highest BCUT2D eigenvalue weighted by atomic mass is 15.4. The van der Waals surface area contributed by atoms with Crippen LogP contribution in [0.1, 0.15) is 0 Å². The number of piperazine rings is 1. The van der Waals surface area contributed by atoms with Gasteiger partial charge in [-0.25, -0.2) is 9.97 Å². The molecule has 6 rings (SSSR count). The Morgan fingerprint density at radius 2 is 1.52 bits per heavy atom. The van der Waals surface area contributed by atoms with Crippen molar-refractivity contribution in [3.05, 3.63) is 85.2 Å². The zero-order valence-corrected chi connectivity index (χ0v) is 17.1. The van der Waals surface area contributed by atoms with E-state index >= 15 is 0 Å². The number of benzene rings is 2. The number of anilines is 2. The van der Waals surface area contributed by atoms with Gasteiger partial charge < -0.3 is 9.80 Å². The molecule has 2 aromatic carbocycles. The van der Waals surface area contributed by atoms with E-state index in [1.54, 1.807) is 0 Å². The molecule has 1 fully saturated rings. The van der Waals surface area contributed by atoms with E-state index in [2.05, 4.69) is 74.5 Å². The van der Waals surface area contributed by atoms with E-state index in [1.165, 1.54) is 10.8 Å². The smallest absolute Gasteiger partial charge is 0.157 e. The molecule has 1 aliphatic rings. The molecular weight excluding hydrogens is 384 g/mol. The van der Waals surface area contributed by atoms with E-state index in [0.29, 0.717) is 0 Å². The Morgan fingerprint density at radius 3 is 2.39 bits per heavy atom. The van der Waals surface area contributed by atoms with Gasteiger partial charge >= 0.3 is 0 Å². The summed E-state index contributed by atoms with van der Waals surface area (Å²) in [5.41, 5.74) is 3.00. The quantitative estimate of drug-likeness (QED) is 0.448. The maximum Gasteiger partial charge on any atom is 0.157 e. The summed E-state index contributed by atoms with van der Waals surface area (Å²) in [5.74, 6) is 2.12. The van der Waals surface area contributed by atoms with Crippen LogP contribution in [0.2, 0.25) is 0 Å². The molecule has 0 unspecified atom stereocenters. The second kappa shape index (κ2) is 7.40. The minimum Gasteiger partial charge on any atom is -0.353 e. The van der Waals surface area contributed by atoms with Gasteiger partial charge in [0.15, 0.2) is 5.65 Å². The molecule has 0 bridgehead atoms. The van der Waals surface area contributed by atoms with Crippen molar-refractivity contribution in [2.45, 2.75) is 0 Å². The van der Waals surface area contributed by atoms with Gasteiger partial charge in [-0.2, -0.15) is 9.61 Å². The Hall–Kier alpha value is -3.93. The fourth-order valence-electron chi connectivity index (χ4n) is 4.41. The summed E-state index contributed by atoms with van der Waals surface area (Å²) in [6.45, 7) is 3.66. The van der Waals surface area contributed by atoms with Gasteiger partial charge in [0.25, 0.3) is 0 Å². The van der Waals surface area contributed by atoms with Crippen LogP contribution >= 0.6 is 0 Å². The first-order valence-corrected chi connectivity index (χ1v) is 10.6. The summed E-state index contributed by atoms with van der Waals surface area (Å²) >= 11 is 0. The summed E-state index contributed by atoms with van der Waals surface area (Å²) < 4.78 is 1.95.